The lowest BCUT2D eigenvalue weighted by Gasteiger charge is -2.28. The molecule has 1 atom stereocenters. The Morgan fingerprint density at radius 1 is 1.19 bits per heavy atom. The molecule has 0 aliphatic heterocycles. The number of nitriles is 1. The third kappa shape index (κ3) is 2.84. The van der Waals surface area contributed by atoms with Gasteiger partial charge in [-0.1, -0.05) is 6.07 Å². The Kier molecular flexibility index (Phi) is 3.47. The van der Waals surface area contributed by atoms with E-state index in [2.05, 4.69) is 29.6 Å². The Hall–Kier alpha value is -0.980. The fourth-order valence-corrected chi connectivity index (χ4v) is 4.60. The third-order valence-corrected chi connectivity index (χ3v) is 6.24. The summed E-state index contributed by atoms with van der Waals surface area (Å²) in [6.45, 7) is 0. The van der Waals surface area contributed by atoms with E-state index < -0.39 is 0 Å². The van der Waals surface area contributed by atoms with Crippen molar-refractivity contribution in [3.63, 3.8) is 0 Å². The molecule has 3 aliphatic carbocycles. The number of aryl methyl sites for hydroxylation is 2. The first-order valence-electron chi connectivity index (χ1n) is 8.23. The number of nitrogens with one attached hydrogen (secondary N) is 1. The summed E-state index contributed by atoms with van der Waals surface area (Å²) in [5, 5.41) is 13.4. The second-order valence-electron chi connectivity index (χ2n) is 6.85. The van der Waals surface area contributed by atoms with Crippen LogP contribution in [0.4, 0.5) is 0 Å². The van der Waals surface area contributed by atoms with Crippen LogP contribution in [0.3, 0.4) is 0 Å². The molecule has 2 saturated carbocycles. The van der Waals surface area contributed by atoms with Crippen molar-refractivity contribution in [1.82, 2.24) is 5.32 Å². The fourth-order valence-electron chi connectivity index (χ4n) is 3.44. The van der Waals surface area contributed by atoms with Crippen LogP contribution < -0.4 is 5.32 Å². The first kappa shape index (κ1) is 13.7. The van der Waals surface area contributed by atoms with Gasteiger partial charge in [-0.05, 0) is 74.1 Å². The van der Waals surface area contributed by atoms with Crippen molar-refractivity contribution in [1.29, 1.82) is 5.26 Å². The molecule has 3 aliphatic rings. The molecule has 4 rings (SSSR count). The second kappa shape index (κ2) is 5.34. The van der Waals surface area contributed by atoms with Gasteiger partial charge in [-0.15, -0.1) is 11.8 Å². The fraction of sp³-hybridized carbons (Fsp3) is 0.611. The van der Waals surface area contributed by atoms with Crippen molar-refractivity contribution >= 4 is 11.8 Å². The zero-order chi connectivity index (χ0) is 14.3. The number of fused-ring (bicyclic) bond motifs is 1. The molecule has 21 heavy (non-hydrogen) atoms. The summed E-state index contributed by atoms with van der Waals surface area (Å²) in [6, 6.07) is 10.1. The average Bonchev–Trinajstić information content (AvgIpc) is 3.42. The van der Waals surface area contributed by atoms with Crippen LogP contribution in [0.1, 0.15) is 43.2 Å². The molecule has 1 aromatic rings. The highest BCUT2D eigenvalue weighted by Crippen LogP contribution is 2.44. The maximum absolute atomic E-state index is 9.77. The molecule has 1 N–H and O–H groups in total. The van der Waals surface area contributed by atoms with Gasteiger partial charge in [0.25, 0.3) is 0 Å². The molecule has 3 heteroatoms. The molecule has 2 fully saturated rings. The first-order valence-corrected chi connectivity index (χ1v) is 9.21. The molecule has 2 nitrogen and oxygen atoms in total. The summed E-state index contributed by atoms with van der Waals surface area (Å²) in [6.07, 6.45) is 8.72. The van der Waals surface area contributed by atoms with Crippen molar-refractivity contribution in [2.45, 2.75) is 61.4 Å². The summed E-state index contributed by atoms with van der Waals surface area (Å²) in [7, 11) is 0. The van der Waals surface area contributed by atoms with Crippen molar-refractivity contribution < 1.29 is 0 Å². The first-order chi connectivity index (χ1) is 10.3. The standard InChI is InChI=1S/C18H22N2S/c19-11-18(15-5-6-15,20-16-7-8-16)12-21-17-9-4-13-2-1-3-14(13)10-17/h4,9-10,15-16,20H,1-3,5-8,12H2. The molecule has 1 aromatic carbocycles. The number of hydrogen-bond acceptors (Lipinski definition) is 3. The number of thioether (sulfide) groups is 1. The molecule has 0 saturated heterocycles. The second-order valence-corrected chi connectivity index (χ2v) is 7.90. The maximum atomic E-state index is 9.77. The van der Waals surface area contributed by atoms with E-state index in [9.17, 15) is 5.26 Å². The van der Waals surface area contributed by atoms with Crippen LogP contribution in [0.2, 0.25) is 0 Å². The molecule has 1 unspecified atom stereocenters. The molecular weight excluding hydrogens is 276 g/mol. The van der Waals surface area contributed by atoms with E-state index in [1.807, 2.05) is 11.8 Å². The largest absolute Gasteiger partial charge is 0.296 e. The molecular formula is C18H22N2S. The van der Waals surface area contributed by atoms with Gasteiger partial charge in [-0.3, -0.25) is 5.32 Å². The molecule has 0 radical (unpaired) electrons. The van der Waals surface area contributed by atoms with E-state index >= 15 is 0 Å². The number of benzene rings is 1. The normalized spacial score (nSPS) is 23.4. The van der Waals surface area contributed by atoms with E-state index in [0.717, 1.165) is 5.75 Å². The van der Waals surface area contributed by atoms with E-state index in [1.165, 1.54) is 61.0 Å². The van der Waals surface area contributed by atoms with E-state index in [-0.39, 0.29) is 5.54 Å². The number of rotatable bonds is 6. The van der Waals surface area contributed by atoms with Gasteiger partial charge in [0.15, 0.2) is 0 Å². The summed E-state index contributed by atoms with van der Waals surface area (Å²) in [5.41, 5.74) is 2.78. The SMILES string of the molecule is N#CC(CSc1ccc2c(c1)CCC2)(NC1CC1)C1CC1. The van der Waals surface area contributed by atoms with Gasteiger partial charge in [-0.25, -0.2) is 0 Å². The van der Waals surface area contributed by atoms with Gasteiger partial charge in [0.2, 0.25) is 0 Å². The minimum atomic E-state index is -0.287. The Morgan fingerprint density at radius 2 is 2.00 bits per heavy atom. The monoisotopic (exact) mass is 298 g/mol. The van der Waals surface area contributed by atoms with Gasteiger partial charge in [0.05, 0.1) is 6.07 Å². The minimum Gasteiger partial charge on any atom is -0.296 e. The molecule has 0 aromatic heterocycles. The third-order valence-electron chi connectivity index (χ3n) is 5.05. The molecule has 0 bridgehead atoms. The maximum Gasteiger partial charge on any atom is 0.119 e. The van der Waals surface area contributed by atoms with Crippen LogP contribution in [-0.2, 0) is 12.8 Å². The van der Waals surface area contributed by atoms with E-state index in [4.69, 9.17) is 0 Å². The molecule has 0 amide bonds. The van der Waals surface area contributed by atoms with Crippen molar-refractivity contribution in [2.24, 2.45) is 5.92 Å². The predicted molar refractivity (Wildman–Crippen MR) is 86.4 cm³/mol. The highest BCUT2D eigenvalue weighted by molar-refractivity contribution is 7.99. The Morgan fingerprint density at radius 3 is 2.71 bits per heavy atom. The van der Waals surface area contributed by atoms with Gasteiger partial charge in [0.1, 0.15) is 5.54 Å². The Bertz CT molecular complexity index is 583. The minimum absolute atomic E-state index is 0.287. The zero-order valence-corrected chi connectivity index (χ0v) is 13.2. The lowest BCUT2D eigenvalue weighted by molar-refractivity contribution is 0.401. The van der Waals surface area contributed by atoms with Crippen LogP contribution in [0, 0.1) is 17.2 Å². The van der Waals surface area contributed by atoms with Crippen molar-refractivity contribution in [2.75, 3.05) is 5.75 Å². The molecule has 110 valence electrons. The van der Waals surface area contributed by atoms with Crippen LogP contribution in [-0.4, -0.2) is 17.3 Å². The number of hydrogen-bond donors (Lipinski definition) is 1. The summed E-state index contributed by atoms with van der Waals surface area (Å²) < 4.78 is 0. The lowest BCUT2D eigenvalue weighted by atomic mass is 9.97. The van der Waals surface area contributed by atoms with Crippen molar-refractivity contribution in [3.8, 4) is 6.07 Å². The summed E-state index contributed by atoms with van der Waals surface area (Å²) >= 11 is 1.87. The Balaban J connectivity index is 1.47. The van der Waals surface area contributed by atoms with Gasteiger partial charge in [0, 0.05) is 16.7 Å². The van der Waals surface area contributed by atoms with Gasteiger partial charge >= 0.3 is 0 Å². The topological polar surface area (TPSA) is 35.8 Å². The van der Waals surface area contributed by atoms with Crippen LogP contribution >= 0.6 is 11.8 Å². The van der Waals surface area contributed by atoms with Crippen LogP contribution in [0.25, 0.3) is 0 Å². The lowest BCUT2D eigenvalue weighted by Crippen LogP contribution is -2.49. The van der Waals surface area contributed by atoms with Crippen LogP contribution in [0.15, 0.2) is 23.1 Å². The summed E-state index contributed by atoms with van der Waals surface area (Å²) in [5.74, 6) is 1.47. The highest BCUT2D eigenvalue weighted by atomic mass is 32.2. The highest BCUT2D eigenvalue weighted by Gasteiger charge is 2.48. The predicted octanol–water partition coefficient (Wildman–Crippen LogP) is 3.69. The Labute approximate surface area is 131 Å². The quantitative estimate of drug-likeness (QED) is 0.814. The van der Waals surface area contributed by atoms with E-state index in [0.29, 0.717) is 12.0 Å². The van der Waals surface area contributed by atoms with E-state index in [1.54, 1.807) is 0 Å². The zero-order valence-electron chi connectivity index (χ0n) is 12.4. The van der Waals surface area contributed by atoms with Gasteiger partial charge in [-0.2, -0.15) is 5.26 Å². The van der Waals surface area contributed by atoms with Crippen LogP contribution in [0.5, 0.6) is 0 Å². The average molecular weight is 298 g/mol. The summed E-state index contributed by atoms with van der Waals surface area (Å²) in [4.78, 5) is 1.34. The molecule has 0 heterocycles. The van der Waals surface area contributed by atoms with Crippen molar-refractivity contribution in [3.05, 3.63) is 29.3 Å². The molecule has 0 spiro atoms. The smallest absolute Gasteiger partial charge is 0.119 e. The van der Waals surface area contributed by atoms with Gasteiger partial charge < -0.3 is 0 Å². The number of nitrogens with zero attached hydrogens (tertiary/aromatic N) is 1.